The van der Waals surface area contributed by atoms with E-state index < -0.39 is 12.6 Å². The molecule has 0 fully saturated rings. The summed E-state index contributed by atoms with van der Waals surface area (Å²) in [6, 6.07) is 20.3. The zero-order valence-electron chi connectivity index (χ0n) is 14.8. The van der Waals surface area contributed by atoms with Crippen LogP contribution in [0, 0.1) is 0 Å². The predicted octanol–water partition coefficient (Wildman–Crippen LogP) is 4.66. The van der Waals surface area contributed by atoms with Crippen LogP contribution in [0.4, 0.5) is 0 Å². The molecule has 0 atom stereocenters. The largest absolute Gasteiger partial charge is 0.507 e. The topological polar surface area (TPSA) is 72.8 Å². The quantitative estimate of drug-likeness (QED) is 0.464. The van der Waals surface area contributed by atoms with Crippen molar-refractivity contribution in [2.45, 2.75) is 6.61 Å². The van der Waals surface area contributed by atoms with Gasteiger partial charge in [-0.05, 0) is 48.0 Å². The van der Waals surface area contributed by atoms with Gasteiger partial charge in [0, 0.05) is 10.6 Å². The summed E-state index contributed by atoms with van der Waals surface area (Å²) in [7, 11) is 0. The molecule has 0 amide bonds. The lowest BCUT2D eigenvalue weighted by Crippen LogP contribution is -2.14. The van der Waals surface area contributed by atoms with Gasteiger partial charge in [0.15, 0.2) is 12.4 Å². The summed E-state index contributed by atoms with van der Waals surface area (Å²) in [6.45, 7) is -0.0239. The summed E-state index contributed by atoms with van der Waals surface area (Å²) in [5.41, 5.74) is 1.33. The van der Waals surface area contributed by atoms with Gasteiger partial charge in [0.1, 0.15) is 23.7 Å². The first kappa shape index (κ1) is 19.5. The van der Waals surface area contributed by atoms with E-state index in [4.69, 9.17) is 21.1 Å². The number of rotatable bonds is 7. The van der Waals surface area contributed by atoms with Crippen LogP contribution in [-0.2, 0) is 11.3 Å². The average molecular weight is 397 g/mol. The fraction of sp³-hybridized carbons (Fsp3) is 0.0909. The summed E-state index contributed by atoms with van der Waals surface area (Å²) in [5, 5.41) is 9.97. The molecule has 142 valence electrons. The zero-order valence-corrected chi connectivity index (χ0v) is 15.6. The van der Waals surface area contributed by atoms with E-state index in [0.29, 0.717) is 17.9 Å². The molecule has 0 radical (unpaired) electrons. The van der Waals surface area contributed by atoms with E-state index >= 15 is 0 Å². The van der Waals surface area contributed by atoms with Gasteiger partial charge in [-0.2, -0.15) is 0 Å². The Labute approximate surface area is 167 Å². The van der Waals surface area contributed by atoms with Crippen LogP contribution in [0.3, 0.4) is 0 Å². The number of benzene rings is 3. The third-order valence-electron chi connectivity index (χ3n) is 3.94. The SMILES string of the molecule is O=C(COC(=O)c1cc(Cl)ccc1O)c1ccc(OCc2ccccc2)cc1. The molecule has 0 saturated heterocycles. The van der Waals surface area contributed by atoms with Crippen molar-refractivity contribution in [1.29, 1.82) is 0 Å². The Morgan fingerprint density at radius 1 is 0.929 bits per heavy atom. The number of ether oxygens (including phenoxy) is 2. The van der Waals surface area contributed by atoms with Crippen LogP contribution < -0.4 is 4.74 Å². The molecule has 0 bridgehead atoms. The molecule has 3 aromatic rings. The van der Waals surface area contributed by atoms with Crippen molar-refractivity contribution in [2.75, 3.05) is 6.61 Å². The zero-order chi connectivity index (χ0) is 19.9. The van der Waals surface area contributed by atoms with Crippen LogP contribution in [-0.4, -0.2) is 23.5 Å². The lowest BCUT2D eigenvalue weighted by Gasteiger charge is -2.08. The molecular formula is C22H17ClO5. The van der Waals surface area contributed by atoms with Crippen molar-refractivity contribution in [3.05, 3.63) is 94.5 Å². The van der Waals surface area contributed by atoms with Crippen molar-refractivity contribution >= 4 is 23.4 Å². The van der Waals surface area contributed by atoms with Crippen LogP contribution in [0.15, 0.2) is 72.8 Å². The lowest BCUT2D eigenvalue weighted by atomic mass is 10.1. The first-order chi connectivity index (χ1) is 13.5. The monoisotopic (exact) mass is 396 g/mol. The van der Waals surface area contributed by atoms with E-state index in [9.17, 15) is 14.7 Å². The van der Waals surface area contributed by atoms with Gasteiger partial charge in [0.25, 0.3) is 0 Å². The molecule has 0 spiro atoms. The highest BCUT2D eigenvalue weighted by molar-refractivity contribution is 6.31. The van der Waals surface area contributed by atoms with E-state index in [0.717, 1.165) is 5.56 Å². The van der Waals surface area contributed by atoms with Crippen molar-refractivity contribution in [2.24, 2.45) is 0 Å². The number of halogens is 1. The van der Waals surface area contributed by atoms with Gasteiger partial charge in [-0.25, -0.2) is 4.79 Å². The molecule has 3 aromatic carbocycles. The van der Waals surface area contributed by atoms with E-state index in [1.54, 1.807) is 24.3 Å². The Hall–Kier alpha value is -3.31. The van der Waals surface area contributed by atoms with E-state index in [-0.39, 0.29) is 22.1 Å². The first-order valence-electron chi connectivity index (χ1n) is 8.48. The van der Waals surface area contributed by atoms with Crippen LogP contribution >= 0.6 is 11.6 Å². The van der Waals surface area contributed by atoms with E-state index in [2.05, 4.69) is 0 Å². The molecule has 0 aliphatic carbocycles. The normalized spacial score (nSPS) is 10.3. The minimum atomic E-state index is -0.823. The standard InChI is InChI=1S/C22H17ClO5/c23-17-8-11-20(24)19(12-17)22(26)28-14-21(25)16-6-9-18(10-7-16)27-13-15-4-2-1-3-5-15/h1-12,24H,13-14H2. The van der Waals surface area contributed by atoms with Gasteiger partial charge < -0.3 is 14.6 Å². The Kier molecular flexibility index (Phi) is 6.29. The van der Waals surface area contributed by atoms with Crippen molar-refractivity contribution in [3.8, 4) is 11.5 Å². The molecule has 0 aromatic heterocycles. The molecule has 0 saturated carbocycles. The van der Waals surface area contributed by atoms with E-state index in [1.807, 2.05) is 30.3 Å². The Balaban J connectivity index is 1.54. The minimum Gasteiger partial charge on any atom is -0.507 e. The fourth-order valence-corrected chi connectivity index (χ4v) is 2.61. The smallest absolute Gasteiger partial charge is 0.342 e. The van der Waals surface area contributed by atoms with Gasteiger partial charge in [-0.15, -0.1) is 0 Å². The molecule has 1 N–H and O–H groups in total. The number of aromatic hydroxyl groups is 1. The highest BCUT2D eigenvalue weighted by Crippen LogP contribution is 2.22. The molecule has 28 heavy (non-hydrogen) atoms. The molecule has 0 aliphatic heterocycles. The van der Waals surface area contributed by atoms with Gasteiger partial charge in [0.05, 0.1) is 0 Å². The summed E-state index contributed by atoms with van der Waals surface area (Å²) in [4.78, 5) is 24.2. The number of hydrogen-bond acceptors (Lipinski definition) is 5. The first-order valence-corrected chi connectivity index (χ1v) is 8.86. The van der Waals surface area contributed by atoms with Gasteiger partial charge in [0.2, 0.25) is 0 Å². The summed E-state index contributed by atoms with van der Waals surface area (Å²) in [6.07, 6.45) is 0. The van der Waals surface area contributed by atoms with Crippen molar-refractivity contribution < 1.29 is 24.2 Å². The van der Waals surface area contributed by atoms with E-state index in [1.165, 1.54) is 18.2 Å². The van der Waals surface area contributed by atoms with Gasteiger partial charge in [-0.1, -0.05) is 41.9 Å². The number of Topliss-reactive ketones (excluding diaryl/α,β-unsaturated/α-hetero) is 1. The number of ketones is 1. The van der Waals surface area contributed by atoms with Crippen molar-refractivity contribution in [1.82, 2.24) is 0 Å². The second-order valence-electron chi connectivity index (χ2n) is 5.96. The number of carbonyl (C=O) groups is 2. The number of esters is 1. The lowest BCUT2D eigenvalue weighted by molar-refractivity contribution is 0.0472. The Bertz CT molecular complexity index is 968. The molecule has 6 heteroatoms. The molecular weight excluding hydrogens is 380 g/mol. The van der Waals surface area contributed by atoms with Gasteiger partial charge >= 0.3 is 5.97 Å². The Morgan fingerprint density at radius 3 is 2.36 bits per heavy atom. The summed E-state index contributed by atoms with van der Waals surface area (Å²) < 4.78 is 10.6. The molecule has 0 heterocycles. The maximum absolute atomic E-state index is 12.2. The van der Waals surface area contributed by atoms with Crippen LogP contribution in [0.1, 0.15) is 26.3 Å². The van der Waals surface area contributed by atoms with Crippen LogP contribution in [0.5, 0.6) is 11.5 Å². The summed E-state index contributed by atoms with van der Waals surface area (Å²) in [5.74, 6) is -0.830. The number of phenolic OH excluding ortho intramolecular Hbond substituents is 1. The fourth-order valence-electron chi connectivity index (χ4n) is 2.44. The summed E-state index contributed by atoms with van der Waals surface area (Å²) >= 11 is 5.80. The second kappa shape index (κ2) is 9.06. The number of phenols is 1. The molecule has 3 rings (SSSR count). The van der Waals surface area contributed by atoms with Gasteiger partial charge in [-0.3, -0.25) is 4.79 Å². The number of hydrogen-bond donors (Lipinski definition) is 1. The molecule has 0 aliphatic rings. The minimum absolute atomic E-state index is 0.0926. The number of carbonyl (C=O) groups excluding carboxylic acids is 2. The average Bonchev–Trinajstić information content (AvgIpc) is 2.73. The molecule has 5 nitrogen and oxygen atoms in total. The highest BCUT2D eigenvalue weighted by Gasteiger charge is 2.16. The van der Waals surface area contributed by atoms with Crippen LogP contribution in [0.25, 0.3) is 0 Å². The third kappa shape index (κ3) is 5.11. The predicted molar refractivity (Wildman–Crippen MR) is 105 cm³/mol. The van der Waals surface area contributed by atoms with Crippen molar-refractivity contribution in [3.63, 3.8) is 0 Å². The maximum Gasteiger partial charge on any atom is 0.342 e. The second-order valence-corrected chi connectivity index (χ2v) is 6.40. The van der Waals surface area contributed by atoms with Crippen LogP contribution in [0.2, 0.25) is 5.02 Å². The molecule has 0 unspecified atom stereocenters. The maximum atomic E-state index is 12.2. The Morgan fingerprint density at radius 2 is 1.64 bits per heavy atom. The highest BCUT2D eigenvalue weighted by atomic mass is 35.5. The third-order valence-corrected chi connectivity index (χ3v) is 4.17.